The number of methoxy groups -OCH3 is 2. The number of hydrogen-bond donors (Lipinski definition) is 0. The van der Waals surface area contributed by atoms with Crippen LogP contribution in [0.1, 0.15) is 48.4 Å². The Kier molecular flexibility index (Phi) is 5.93. The first-order valence-electron chi connectivity index (χ1n) is 10.5. The predicted octanol–water partition coefficient (Wildman–Crippen LogP) is 4.19. The lowest BCUT2D eigenvalue weighted by atomic mass is 9.91. The van der Waals surface area contributed by atoms with Crippen LogP contribution in [0.2, 0.25) is 0 Å². The van der Waals surface area contributed by atoms with Gasteiger partial charge in [-0.05, 0) is 55.5 Å². The second kappa shape index (κ2) is 8.78. The first-order valence-corrected chi connectivity index (χ1v) is 10.5. The summed E-state index contributed by atoms with van der Waals surface area (Å²) in [6, 6.07) is 9.90. The molecule has 0 saturated carbocycles. The summed E-state index contributed by atoms with van der Waals surface area (Å²) in [6.07, 6.45) is 7.66. The van der Waals surface area contributed by atoms with Crippen molar-refractivity contribution < 1.29 is 14.3 Å². The predicted molar refractivity (Wildman–Crippen MR) is 116 cm³/mol. The fourth-order valence-corrected chi connectivity index (χ4v) is 4.30. The van der Waals surface area contributed by atoms with E-state index in [0.717, 1.165) is 48.4 Å². The zero-order chi connectivity index (χ0) is 21.1. The van der Waals surface area contributed by atoms with Gasteiger partial charge in [0.2, 0.25) is 5.91 Å². The van der Waals surface area contributed by atoms with E-state index in [9.17, 15) is 4.79 Å². The van der Waals surface area contributed by atoms with Crippen molar-refractivity contribution >= 4 is 11.6 Å². The molecule has 0 aliphatic carbocycles. The number of benzene rings is 1. The molecule has 3 heterocycles. The zero-order valence-corrected chi connectivity index (χ0v) is 17.9. The molecule has 158 valence electrons. The Morgan fingerprint density at radius 3 is 2.47 bits per heavy atom. The van der Waals surface area contributed by atoms with E-state index in [1.165, 1.54) is 6.42 Å². The van der Waals surface area contributed by atoms with Crippen LogP contribution in [-0.2, 0) is 4.79 Å². The van der Waals surface area contributed by atoms with Crippen molar-refractivity contribution in [3.63, 3.8) is 0 Å². The maximum Gasteiger partial charge on any atom is 0.223 e. The van der Waals surface area contributed by atoms with Crippen molar-refractivity contribution in [3.8, 4) is 11.5 Å². The lowest BCUT2D eigenvalue weighted by Gasteiger charge is -2.29. The lowest BCUT2D eigenvalue weighted by molar-refractivity contribution is -0.132. The molecule has 30 heavy (non-hydrogen) atoms. The van der Waals surface area contributed by atoms with Crippen LogP contribution in [0.4, 0.5) is 0 Å². The fraction of sp³-hybridized carbons (Fsp3) is 0.417. The number of aryl methyl sites for hydroxylation is 1. The van der Waals surface area contributed by atoms with E-state index in [4.69, 9.17) is 9.47 Å². The Morgan fingerprint density at radius 1 is 1.10 bits per heavy atom. The molecule has 1 unspecified atom stereocenters. The van der Waals surface area contributed by atoms with Gasteiger partial charge >= 0.3 is 0 Å². The molecule has 1 aliphatic rings. The van der Waals surface area contributed by atoms with Crippen LogP contribution in [0.25, 0.3) is 5.65 Å². The van der Waals surface area contributed by atoms with Gasteiger partial charge in [0.15, 0.2) is 0 Å². The van der Waals surface area contributed by atoms with Crippen LogP contribution in [0.15, 0.2) is 42.7 Å². The molecule has 2 aromatic heterocycles. The summed E-state index contributed by atoms with van der Waals surface area (Å²) in [5, 5.41) is 0. The maximum atomic E-state index is 13.2. The molecule has 6 heteroatoms. The quantitative estimate of drug-likeness (QED) is 0.615. The minimum atomic E-state index is -0.153. The van der Waals surface area contributed by atoms with E-state index in [0.29, 0.717) is 17.9 Å². The summed E-state index contributed by atoms with van der Waals surface area (Å²) in [5.41, 5.74) is 4.00. The maximum absolute atomic E-state index is 13.2. The second-order valence-electron chi connectivity index (χ2n) is 7.91. The minimum Gasteiger partial charge on any atom is -0.497 e. The number of rotatable bonds is 6. The summed E-state index contributed by atoms with van der Waals surface area (Å²) in [7, 11) is 3.29. The molecule has 6 nitrogen and oxygen atoms in total. The number of nitrogens with zero attached hydrogens (tertiary/aromatic N) is 3. The van der Waals surface area contributed by atoms with Crippen LogP contribution in [0.5, 0.6) is 11.5 Å². The molecule has 4 rings (SSSR count). The number of fused-ring (bicyclic) bond motifs is 1. The minimum absolute atomic E-state index is 0.153. The molecule has 0 radical (unpaired) electrons. The number of ether oxygens (including phenoxy) is 2. The number of hydrogen-bond acceptors (Lipinski definition) is 4. The molecule has 0 bridgehead atoms. The largest absolute Gasteiger partial charge is 0.497 e. The summed E-state index contributed by atoms with van der Waals surface area (Å²) < 4.78 is 13.1. The molecular weight excluding hydrogens is 378 g/mol. The van der Waals surface area contributed by atoms with Gasteiger partial charge in [-0.3, -0.25) is 4.79 Å². The third-order valence-electron chi connectivity index (χ3n) is 5.98. The van der Waals surface area contributed by atoms with Crippen LogP contribution < -0.4 is 9.47 Å². The van der Waals surface area contributed by atoms with E-state index in [2.05, 4.69) is 22.4 Å². The average Bonchev–Trinajstić information content (AvgIpc) is 3.22. The third kappa shape index (κ3) is 3.99. The van der Waals surface area contributed by atoms with Gasteiger partial charge in [0.05, 0.1) is 19.9 Å². The zero-order valence-electron chi connectivity index (χ0n) is 17.9. The fourth-order valence-electron chi connectivity index (χ4n) is 4.30. The van der Waals surface area contributed by atoms with Gasteiger partial charge in [-0.15, -0.1) is 0 Å². The molecule has 1 atom stereocenters. The highest BCUT2D eigenvalue weighted by molar-refractivity contribution is 5.78. The molecule has 0 N–H and O–H groups in total. The van der Waals surface area contributed by atoms with Crippen LogP contribution in [-0.4, -0.2) is 47.5 Å². The highest BCUT2D eigenvalue weighted by Gasteiger charge is 2.26. The van der Waals surface area contributed by atoms with Gasteiger partial charge in [-0.25, -0.2) is 4.98 Å². The van der Waals surface area contributed by atoms with Gasteiger partial charge in [0.1, 0.15) is 17.1 Å². The number of pyridine rings is 1. The summed E-state index contributed by atoms with van der Waals surface area (Å²) in [6.45, 7) is 3.74. The van der Waals surface area contributed by atoms with E-state index < -0.39 is 0 Å². The van der Waals surface area contributed by atoms with Crippen molar-refractivity contribution in [2.24, 2.45) is 0 Å². The third-order valence-corrected chi connectivity index (χ3v) is 5.98. The van der Waals surface area contributed by atoms with Gasteiger partial charge < -0.3 is 18.8 Å². The van der Waals surface area contributed by atoms with Crippen molar-refractivity contribution in [3.05, 3.63) is 59.5 Å². The topological polar surface area (TPSA) is 56.1 Å². The summed E-state index contributed by atoms with van der Waals surface area (Å²) in [5.74, 6) is 1.46. The standard InChI is InChI=1S/C24H29N3O3/c1-17-8-7-11-27-22(16-25-24(17)27)21(15-23(28)26-9-5-4-6-10-26)18-12-19(29-2)14-20(13-18)30-3/h7-8,11-14,16,21H,4-6,9-10,15H2,1-3H3. The van der Waals surface area contributed by atoms with E-state index >= 15 is 0 Å². The van der Waals surface area contributed by atoms with E-state index in [1.807, 2.05) is 41.6 Å². The number of piperidine rings is 1. The molecule has 1 fully saturated rings. The molecule has 1 amide bonds. The molecule has 3 aromatic rings. The summed E-state index contributed by atoms with van der Waals surface area (Å²) in [4.78, 5) is 19.9. The molecular formula is C24H29N3O3. The lowest BCUT2D eigenvalue weighted by Crippen LogP contribution is -2.36. The molecule has 1 aromatic carbocycles. The molecule has 0 spiro atoms. The van der Waals surface area contributed by atoms with Gasteiger partial charge in [-0.2, -0.15) is 0 Å². The average molecular weight is 408 g/mol. The Bertz CT molecular complexity index is 1020. The SMILES string of the molecule is COc1cc(OC)cc(C(CC(=O)N2CCCCC2)c2cnc3c(C)cccn23)c1. The number of carbonyl (C=O) groups excluding carboxylic acids is 1. The van der Waals surface area contributed by atoms with Crippen molar-refractivity contribution in [1.29, 1.82) is 0 Å². The van der Waals surface area contributed by atoms with Crippen molar-refractivity contribution in [2.75, 3.05) is 27.3 Å². The van der Waals surface area contributed by atoms with Crippen molar-refractivity contribution in [1.82, 2.24) is 14.3 Å². The van der Waals surface area contributed by atoms with Gasteiger partial charge in [-0.1, -0.05) is 6.07 Å². The Morgan fingerprint density at radius 2 is 1.80 bits per heavy atom. The second-order valence-corrected chi connectivity index (χ2v) is 7.91. The van der Waals surface area contributed by atoms with Gasteiger partial charge in [0, 0.05) is 43.9 Å². The first kappa shape index (κ1) is 20.3. The monoisotopic (exact) mass is 407 g/mol. The highest BCUT2D eigenvalue weighted by atomic mass is 16.5. The van der Waals surface area contributed by atoms with Crippen LogP contribution >= 0.6 is 0 Å². The number of carbonyl (C=O) groups is 1. The van der Waals surface area contributed by atoms with Crippen molar-refractivity contribution in [2.45, 2.75) is 38.5 Å². The number of imidazole rings is 1. The molecule has 1 saturated heterocycles. The van der Waals surface area contributed by atoms with E-state index in [1.54, 1.807) is 14.2 Å². The van der Waals surface area contributed by atoms with Crippen LogP contribution in [0, 0.1) is 6.92 Å². The number of aromatic nitrogens is 2. The Balaban J connectivity index is 1.78. The van der Waals surface area contributed by atoms with Crippen LogP contribution in [0.3, 0.4) is 0 Å². The Hall–Kier alpha value is -3.02. The number of amides is 1. The summed E-state index contributed by atoms with van der Waals surface area (Å²) >= 11 is 0. The smallest absolute Gasteiger partial charge is 0.223 e. The molecule has 1 aliphatic heterocycles. The first-order chi connectivity index (χ1) is 14.6. The Labute approximate surface area is 177 Å². The number of likely N-dealkylation sites (tertiary alicyclic amines) is 1. The van der Waals surface area contributed by atoms with E-state index in [-0.39, 0.29) is 11.8 Å². The highest BCUT2D eigenvalue weighted by Crippen LogP contribution is 2.35. The van der Waals surface area contributed by atoms with Gasteiger partial charge in [0.25, 0.3) is 0 Å². The normalized spacial score (nSPS) is 15.2.